The number of methoxy groups -OCH3 is 1. The number of carbonyl (C=O) groups excluding carboxylic acids is 1. The van der Waals surface area contributed by atoms with E-state index in [1.54, 1.807) is 18.2 Å². The molecule has 0 amide bonds. The smallest absolute Gasteiger partial charge is 0.163 e. The van der Waals surface area contributed by atoms with Crippen LogP contribution >= 0.6 is 11.6 Å². The molecule has 12 heavy (non-hydrogen) atoms. The van der Waals surface area contributed by atoms with Crippen molar-refractivity contribution in [1.29, 1.82) is 0 Å². The van der Waals surface area contributed by atoms with Gasteiger partial charge in [0.2, 0.25) is 0 Å². The van der Waals surface area contributed by atoms with Gasteiger partial charge in [-0.1, -0.05) is 11.6 Å². The van der Waals surface area contributed by atoms with Crippen LogP contribution in [0.25, 0.3) is 0 Å². The SMILES string of the molecule is COc1ccc(Cl)cc1C(C)=O. The first-order valence-electron chi connectivity index (χ1n) is 3.49. The average Bonchev–Trinajstić information content (AvgIpc) is 2.04. The number of Topliss-reactive ketones (excluding diaryl/α,β-unsaturated/α-hetero) is 1. The molecule has 0 aliphatic carbocycles. The molecule has 0 aromatic heterocycles. The normalized spacial score (nSPS) is 9.58. The van der Waals surface area contributed by atoms with Gasteiger partial charge in [0.1, 0.15) is 5.75 Å². The Bertz CT molecular complexity index is 307. The van der Waals surface area contributed by atoms with Crippen molar-refractivity contribution >= 4 is 17.4 Å². The van der Waals surface area contributed by atoms with E-state index in [0.717, 1.165) is 0 Å². The van der Waals surface area contributed by atoms with E-state index in [2.05, 4.69) is 0 Å². The highest BCUT2D eigenvalue weighted by molar-refractivity contribution is 6.31. The van der Waals surface area contributed by atoms with Gasteiger partial charge in [-0.25, -0.2) is 0 Å². The van der Waals surface area contributed by atoms with Crippen LogP contribution in [0.15, 0.2) is 18.2 Å². The van der Waals surface area contributed by atoms with Gasteiger partial charge in [-0.05, 0) is 25.1 Å². The van der Waals surface area contributed by atoms with Crippen molar-refractivity contribution in [2.45, 2.75) is 6.92 Å². The number of carbonyl (C=O) groups is 1. The highest BCUT2D eigenvalue weighted by Gasteiger charge is 2.07. The molecule has 0 fully saturated rings. The molecule has 0 bridgehead atoms. The van der Waals surface area contributed by atoms with Crippen LogP contribution in [0.5, 0.6) is 5.75 Å². The number of benzene rings is 1. The first-order chi connectivity index (χ1) is 5.65. The third kappa shape index (κ3) is 1.77. The van der Waals surface area contributed by atoms with Crippen molar-refractivity contribution < 1.29 is 9.53 Å². The summed E-state index contributed by atoms with van der Waals surface area (Å²) in [6.45, 7) is 1.48. The summed E-state index contributed by atoms with van der Waals surface area (Å²) in [7, 11) is 1.52. The molecule has 0 aliphatic rings. The topological polar surface area (TPSA) is 26.3 Å². The van der Waals surface area contributed by atoms with Crippen molar-refractivity contribution in [1.82, 2.24) is 0 Å². The third-order valence-corrected chi connectivity index (χ3v) is 1.78. The summed E-state index contributed by atoms with van der Waals surface area (Å²) in [4.78, 5) is 11.0. The quantitative estimate of drug-likeness (QED) is 0.661. The molecule has 1 aromatic rings. The fourth-order valence-corrected chi connectivity index (χ4v) is 1.13. The summed E-state index contributed by atoms with van der Waals surface area (Å²) < 4.78 is 4.98. The average molecular weight is 185 g/mol. The van der Waals surface area contributed by atoms with Gasteiger partial charge >= 0.3 is 0 Å². The van der Waals surface area contributed by atoms with E-state index in [1.807, 2.05) is 0 Å². The molecule has 2 nitrogen and oxygen atoms in total. The van der Waals surface area contributed by atoms with Gasteiger partial charge in [0, 0.05) is 5.02 Å². The Morgan fingerprint density at radius 2 is 2.17 bits per heavy atom. The second-order valence-corrected chi connectivity index (χ2v) is 2.84. The maximum atomic E-state index is 11.0. The van der Waals surface area contributed by atoms with Gasteiger partial charge in [-0.3, -0.25) is 4.79 Å². The summed E-state index contributed by atoms with van der Waals surface area (Å²) in [5, 5.41) is 0.543. The number of rotatable bonds is 2. The summed E-state index contributed by atoms with van der Waals surface area (Å²) in [5.74, 6) is 0.515. The molecule has 0 saturated carbocycles. The minimum Gasteiger partial charge on any atom is -0.496 e. The Kier molecular flexibility index (Phi) is 2.71. The van der Waals surface area contributed by atoms with Crippen molar-refractivity contribution in [3.8, 4) is 5.75 Å². The van der Waals surface area contributed by atoms with Gasteiger partial charge in [-0.2, -0.15) is 0 Å². The van der Waals surface area contributed by atoms with Crippen molar-refractivity contribution in [3.63, 3.8) is 0 Å². The predicted octanol–water partition coefficient (Wildman–Crippen LogP) is 2.55. The molecule has 64 valence electrons. The second kappa shape index (κ2) is 3.59. The van der Waals surface area contributed by atoms with Gasteiger partial charge in [0.05, 0.1) is 12.7 Å². The molecule has 0 spiro atoms. The molecular formula is C9H9ClO2. The molecule has 1 rings (SSSR count). The van der Waals surface area contributed by atoms with Crippen LogP contribution < -0.4 is 4.74 Å². The summed E-state index contributed by atoms with van der Waals surface area (Å²) in [5.41, 5.74) is 0.519. The zero-order valence-electron chi connectivity index (χ0n) is 6.93. The fraction of sp³-hybridized carbons (Fsp3) is 0.222. The molecular weight excluding hydrogens is 176 g/mol. The van der Waals surface area contributed by atoms with Gasteiger partial charge in [-0.15, -0.1) is 0 Å². The third-order valence-electron chi connectivity index (χ3n) is 1.54. The van der Waals surface area contributed by atoms with Crippen molar-refractivity contribution in [2.24, 2.45) is 0 Å². The molecule has 1 aromatic carbocycles. The van der Waals surface area contributed by atoms with Crippen LogP contribution in [0, 0.1) is 0 Å². The lowest BCUT2D eigenvalue weighted by Crippen LogP contribution is -1.96. The van der Waals surface area contributed by atoms with Gasteiger partial charge in [0.25, 0.3) is 0 Å². The van der Waals surface area contributed by atoms with E-state index in [4.69, 9.17) is 16.3 Å². The van der Waals surface area contributed by atoms with Crippen LogP contribution in [0.3, 0.4) is 0 Å². The Hall–Kier alpha value is -1.02. The van der Waals surface area contributed by atoms with Crippen LogP contribution in [0.1, 0.15) is 17.3 Å². The highest BCUT2D eigenvalue weighted by Crippen LogP contribution is 2.22. The van der Waals surface area contributed by atoms with Crippen LogP contribution in [-0.4, -0.2) is 12.9 Å². The maximum Gasteiger partial charge on any atom is 0.163 e. The minimum atomic E-state index is -0.0469. The van der Waals surface area contributed by atoms with E-state index < -0.39 is 0 Å². The minimum absolute atomic E-state index is 0.0469. The molecule has 0 radical (unpaired) electrons. The summed E-state index contributed by atoms with van der Waals surface area (Å²) in [6, 6.07) is 4.97. The largest absolute Gasteiger partial charge is 0.496 e. The Morgan fingerprint density at radius 3 is 2.67 bits per heavy atom. The number of hydrogen-bond acceptors (Lipinski definition) is 2. The molecule has 0 N–H and O–H groups in total. The van der Waals surface area contributed by atoms with Crippen molar-refractivity contribution in [2.75, 3.05) is 7.11 Å². The zero-order chi connectivity index (χ0) is 9.14. The number of ketones is 1. The predicted molar refractivity (Wildman–Crippen MR) is 48.0 cm³/mol. The van der Waals surface area contributed by atoms with Crippen LogP contribution in [-0.2, 0) is 0 Å². The first kappa shape index (κ1) is 9.07. The Balaban J connectivity index is 3.21. The maximum absolute atomic E-state index is 11.0. The molecule has 0 heterocycles. The van der Waals surface area contributed by atoms with Gasteiger partial charge in [0.15, 0.2) is 5.78 Å². The molecule has 0 saturated heterocycles. The van der Waals surface area contributed by atoms with E-state index in [-0.39, 0.29) is 5.78 Å². The zero-order valence-corrected chi connectivity index (χ0v) is 7.68. The van der Waals surface area contributed by atoms with Crippen LogP contribution in [0.2, 0.25) is 5.02 Å². The van der Waals surface area contributed by atoms with E-state index in [9.17, 15) is 4.79 Å². The Labute approximate surface area is 76.1 Å². The van der Waals surface area contributed by atoms with E-state index in [1.165, 1.54) is 14.0 Å². The lowest BCUT2D eigenvalue weighted by Gasteiger charge is -2.04. The second-order valence-electron chi connectivity index (χ2n) is 2.40. The van der Waals surface area contributed by atoms with E-state index in [0.29, 0.717) is 16.3 Å². The van der Waals surface area contributed by atoms with Crippen LogP contribution in [0.4, 0.5) is 0 Å². The fourth-order valence-electron chi connectivity index (χ4n) is 0.955. The van der Waals surface area contributed by atoms with Gasteiger partial charge < -0.3 is 4.74 Å². The monoisotopic (exact) mass is 184 g/mol. The number of halogens is 1. The lowest BCUT2D eigenvalue weighted by molar-refractivity contribution is 0.101. The Morgan fingerprint density at radius 1 is 1.50 bits per heavy atom. The standard InChI is InChI=1S/C9H9ClO2/c1-6(11)8-5-7(10)3-4-9(8)12-2/h3-5H,1-2H3. The van der Waals surface area contributed by atoms with Crippen molar-refractivity contribution in [3.05, 3.63) is 28.8 Å². The first-order valence-corrected chi connectivity index (χ1v) is 3.87. The number of hydrogen-bond donors (Lipinski definition) is 0. The number of ether oxygens (including phenoxy) is 1. The summed E-state index contributed by atoms with van der Waals surface area (Å²) >= 11 is 5.71. The molecule has 0 unspecified atom stereocenters. The lowest BCUT2D eigenvalue weighted by atomic mass is 10.1. The summed E-state index contributed by atoms with van der Waals surface area (Å²) in [6.07, 6.45) is 0. The molecule has 0 atom stereocenters. The molecule has 0 aliphatic heterocycles. The van der Waals surface area contributed by atoms with E-state index >= 15 is 0 Å². The highest BCUT2D eigenvalue weighted by atomic mass is 35.5. The molecule has 3 heteroatoms.